The van der Waals surface area contributed by atoms with E-state index in [0.717, 1.165) is 10.2 Å². The minimum absolute atomic E-state index is 0.299. The molecule has 4 nitrogen and oxygen atoms in total. The molecule has 4 aromatic rings. The zero-order chi connectivity index (χ0) is 18.1. The first kappa shape index (κ1) is 17.0. The summed E-state index contributed by atoms with van der Waals surface area (Å²) in [6.45, 7) is 0. The van der Waals surface area contributed by atoms with E-state index in [4.69, 9.17) is 23.2 Å². The van der Waals surface area contributed by atoms with Crippen LogP contribution in [0.25, 0.3) is 20.9 Å². The van der Waals surface area contributed by atoms with E-state index in [9.17, 15) is 4.79 Å². The fourth-order valence-electron chi connectivity index (χ4n) is 2.52. The van der Waals surface area contributed by atoms with Gasteiger partial charge in [-0.05, 0) is 36.4 Å². The molecule has 2 aromatic heterocycles. The zero-order valence-corrected chi connectivity index (χ0v) is 15.6. The fraction of sp³-hybridized carbons (Fsp3) is 0. The van der Waals surface area contributed by atoms with Crippen molar-refractivity contribution in [2.24, 2.45) is 0 Å². The maximum atomic E-state index is 12.8. The molecule has 0 aliphatic heterocycles. The second-order valence-corrected chi connectivity index (χ2v) is 7.26. The van der Waals surface area contributed by atoms with Gasteiger partial charge >= 0.3 is 0 Å². The van der Waals surface area contributed by atoms with E-state index in [1.165, 1.54) is 11.3 Å². The average Bonchev–Trinajstić information content (AvgIpc) is 3.09. The molecular formula is C19H11Cl2N3OS. The SMILES string of the molecule is O=C(Nc1cccc(Cl)c1Cl)c1cccnc1-c1nc2ccccc2s1. The van der Waals surface area contributed by atoms with Gasteiger partial charge in [0.15, 0.2) is 0 Å². The maximum Gasteiger partial charge on any atom is 0.258 e. The van der Waals surface area contributed by atoms with Crippen molar-refractivity contribution in [2.75, 3.05) is 5.32 Å². The summed E-state index contributed by atoms with van der Waals surface area (Å²) in [4.78, 5) is 21.8. The van der Waals surface area contributed by atoms with Crippen molar-refractivity contribution in [3.05, 3.63) is 76.4 Å². The van der Waals surface area contributed by atoms with Gasteiger partial charge in [0.25, 0.3) is 5.91 Å². The quantitative estimate of drug-likeness (QED) is 0.465. The number of benzene rings is 2. The number of pyridine rings is 1. The monoisotopic (exact) mass is 399 g/mol. The first-order chi connectivity index (χ1) is 12.6. The summed E-state index contributed by atoms with van der Waals surface area (Å²) < 4.78 is 1.04. The molecule has 0 bridgehead atoms. The number of carbonyl (C=O) groups excluding carboxylic acids is 1. The van der Waals surface area contributed by atoms with Gasteiger partial charge in [-0.2, -0.15) is 0 Å². The molecule has 7 heteroatoms. The minimum Gasteiger partial charge on any atom is -0.321 e. The predicted molar refractivity (Wildman–Crippen MR) is 107 cm³/mol. The number of nitrogens with zero attached hydrogens (tertiary/aromatic N) is 2. The Balaban J connectivity index is 1.73. The molecule has 26 heavy (non-hydrogen) atoms. The molecule has 0 atom stereocenters. The Hall–Kier alpha value is -2.47. The topological polar surface area (TPSA) is 54.9 Å². The molecule has 0 fully saturated rings. The van der Waals surface area contributed by atoms with Crippen LogP contribution in [0.4, 0.5) is 5.69 Å². The van der Waals surface area contributed by atoms with Crippen LogP contribution in [0, 0.1) is 0 Å². The largest absolute Gasteiger partial charge is 0.321 e. The third-order valence-electron chi connectivity index (χ3n) is 3.75. The normalized spacial score (nSPS) is 10.8. The maximum absolute atomic E-state index is 12.8. The Morgan fingerprint density at radius 3 is 2.69 bits per heavy atom. The summed E-state index contributed by atoms with van der Waals surface area (Å²) in [5, 5.41) is 4.16. The van der Waals surface area contributed by atoms with Crippen molar-refractivity contribution in [1.82, 2.24) is 9.97 Å². The summed E-state index contributed by atoms with van der Waals surface area (Å²) in [6, 6.07) is 16.3. The summed E-state index contributed by atoms with van der Waals surface area (Å²) in [7, 11) is 0. The smallest absolute Gasteiger partial charge is 0.258 e. The number of carbonyl (C=O) groups is 1. The van der Waals surface area contributed by atoms with Crippen molar-refractivity contribution in [3.63, 3.8) is 0 Å². The van der Waals surface area contributed by atoms with Gasteiger partial charge in [-0.3, -0.25) is 9.78 Å². The molecule has 1 amide bonds. The Morgan fingerprint density at radius 2 is 1.85 bits per heavy atom. The van der Waals surface area contributed by atoms with E-state index < -0.39 is 0 Å². The molecule has 0 spiro atoms. The molecular weight excluding hydrogens is 389 g/mol. The van der Waals surface area contributed by atoms with Crippen LogP contribution in [0.1, 0.15) is 10.4 Å². The van der Waals surface area contributed by atoms with E-state index in [1.807, 2.05) is 24.3 Å². The van der Waals surface area contributed by atoms with Crippen LogP contribution in [-0.2, 0) is 0 Å². The number of anilines is 1. The van der Waals surface area contributed by atoms with Crippen LogP contribution < -0.4 is 5.32 Å². The highest BCUT2D eigenvalue weighted by Gasteiger charge is 2.18. The fourth-order valence-corrected chi connectivity index (χ4v) is 3.85. The van der Waals surface area contributed by atoms with Crippen molar-refractivity contribution in [1.29, 1.82) is 0 Å². The van der Waals surface area contributed by atoms with Crippen LogP contribution >= 0.6 is 34.5 Å². The standard InChI is InChI=1S/C19H11Cl2N3OS/c20-12-6-3-8-14(16(12)21)23-18(25)11-5-4-10-22-17(11)19-24-13-7-1-2-9-15(13)26-19/h1-10H,(H,23,25). The first-order valence-corrected chi connectivity index (χ1v) is 9.27. The molecule has 128 valence electrons. The molecule has 0 saturated heterocycles. The molecule has 2 heterocycles. The Labute approximate surface area is 163 Å². The van der Waals surface area contributed by atoms with Gasteiger partial charge in [0.2, 0.25) is 0 Å². The van der Waals surface area contributed by atoms with Crippen LogP contribution in [0.5, 0.6) is 0 Å². The molecule has 0 radical (unpaired) electrons. The number of aromatic nitrogens is 2. The average molecular weight is 400 g/mol. The van der Waals surface area contributed by atoms with Crippen molar-refractivity contribution in [3.8, 4) is 10.7 Å². The molecule has 4 rings (SSSR count). The highest BCUT2D eigenvalue weighted by molar-refractivity contribution is 7.21. The third-order valence-corrected chi connectivity index (χ3v) is 5.61. The number of halogens is 2. The van der Waals surface area contributed by atoms with Gasteiger partial charge in [-0.15, -0.1) is 11.3 Å². The van der Waals surface area contributed by atoms with E-state index in [1.54, 1.807) is 36.5 Å². The lowest BCUT2D eigenvalue weighted by Gasteiger charge is -2.10. The van der Waals surface area contributed by atoms with Gasteiger partial charge < -0.3 is 5.32 Å². The van der Waals surface area contributed by atoms with Gasteiger partial charge in [0.1, 0.15) is 10.7 Å². The summed E-state index contributed by atoms with van der Waals surface area (Å²) in [5.74, 6) is -0.323. The number of nitrogens with one attached hydrogen (secondary N) is 1. The Bertz CT molecular complexity index is 1090. The van der Waals surface area contributed by atoms with Crippen molar-refractivity contribution >= 4 is 56.3 Å². The number of rotatable bonds is 3. The Kier molecular flexibility index (Phi) is 4.59. The summed E-state index contributed by atoms with van der Waals surface area (Å²) >= 11 is 13.7. The van der Waals surface area contributed by atoms with E-state index in [0.29, 0.717) is 32.0 Å². The van der Waals surface area contributed by atoms with Crippen molar-refractivity contribution < 1.29 is 4.79 Å². The number of fused-ring (bicyclic) bond motifs is 1. The van der Waals surface area contributed by atoms with E-state index in [2.05, 4.69) is 15.3 Å². The zero-order valence-electron chi connectivity index (χ0n) is 13.2. The van der Waals surface area contributed by atoms with Gasteiger partial charge in [-0.25, -0.2) is 4.98 Å². The molecule has 0 unspecified atom stereocenters. The lowest BCUT2D eigenvalue weighted by molar-refractivity contribution is 0.102. The Morgan fingerprint density at radius 1 is 1.00 bits per heavy atom. The third kappa shape index (κ3) is 3.17. The van der Waals surface area contributed by atoms with Crippen LogP contribution in [0.2, 0.25) is 10.0 Å². The van der Waals surface area contributed by atoms with Gasteiger partial charge in [0.05, 0.1) is 31.5 Å². The molecule has 0 aliphatic carbocycles. The highest BCUT2D eigenvalue weighted by atomic mass is 35.5. The van der Waals surface area contributed by atoms with Gasteiger partial charge in [0, 0.05) is 6.20 Å². The molecule has 0 aliphatic rings. The first-order valence-electron chi connectivity index (χ1n) is 7.70. The lowest BCUT2D eigenvalue weighted by Crippen LogP contribution is -2.14. The second kappa shape index (κ2) is 7.03. The molecule has 1 N–H and O–H groups in total. The summed E-state index contributed by atoms with van der Waals surface area (Å²) in [5.41, 5.74) is 2.28. The van der Waals surface area contributed by atoms with Gasteiger partial charge in [-0.1, -0.05) is 41.4 Å². The van der Waals surface area contributed by atoms with Crippen molar-refractivity contribution in [2.45, 2.75) is 0 Å². The molecule has 0 saturated carbocycles. The molecule has 2 aromatic carbocycles. The second-order valence-electron chi connectivity index (χ2n) is 5.44. The van der Waals surface area contributed by atoms with E-state index >= 15 is 0 Å². The number of thiazole rings is 1. The van der Waals surface area contributed by atoms with E-state index in [-0.39, 0.29) is 5.91 Å². The number of hydrogen-bond donors (Lipinski definition) is 1. The van der Waals surface area contributed by atoms with Crippen LogP contribution in [0.15, 0.2) is 60.8 Å². The predicted octanol–water partition coefficient (Wildman–Crippen LogP) is 5.92. The van der Waals surface area contributed by atoms with Crippen LogP contribution in [0.3, 0.4) is 0 Å². The lowest BCUT2D eigenvalue weighted by atomic mass is 10.1. The van der Waals surface area contributed by atoms with Crippen LogP contribution in [-0.4, -0.2) is 15.9 Å². The number of para-hydroxylation sites is 1. The minimum atomic E-state index is -0.323. The highest BCUT2D eigenvalue weighted by Crippen LogP contribution is 2.33. The number of amides is 1. The number of hydrogen-bond acceptors (Lipinski definition) is 4. The summed E-state index contributed by atoms with van der Waals surface area (Å²) in [6.07, 6.45) is 1.64.